The van der Waals surface area contributed by atoms with Gasteiger partial charge in [0.25, 0.3) is 0 Å². The number of fused-ring (bicyclic) bond motifs is 1. The molecule has 0 spiro atoms. The highest BCUT2D eigenvalue weighted by atomic mass is 16.5. The van der Waals surface area contributed by atoms with Crippen molar-refractivity contribution < 1.29 is 19.3 Å². The number of aliphatic hydroxyl groups is 1. The van der Waals surface area contributed by atoms with Crippen molar-refractivity contribution >= 4 is 0 Å². The van der Waals surface area contributed by atoms with Gasteiger partial charge >= 0.3 is 0 Å². The van der Waals surface area contributed by atoms with Crippen LogP contribution in [0.4, 0.5) is 0 Å². The lowest BCUT2D eigenvalue weighted by molar-refractivity contribution is 0.0736. The van der Waals surface area contributed by atoms with Gasteiger partial charge in [-0.05, 0) is 13.0 Å². The smallest absolute Gasteiger partial charge is 0.165 e. The van der Waals surface area contributed by atoms with Crippen molar-refractivity contribution in [3.8, 4) is 17.2 Å². The molecule has 0 radical (unpaired) electrons. The van der Waals surface area contributed by atoms with E-state index in [1.165, 1.54) is 0 Å². The van der Waals surface area contributed by atoms with Gasteiger partial charge in [-0.2, -0.15) is 5.10 Å². The maximum atomic E-state index is 10.4. The first-order valence-corrected chi connectivity index (χ1v) is 9.20. The van der Waals surface area contributed by atoms with E-state index in [2.05, 4.69) is 16.1 Å². The lowest BCUT2D eigenvalue weighted by atomic mass is 10.1. The van der Waals surface area contributed by atoms with Gasteiger partial charge in [0.2, 0.25) is 0 Å². The number of likely N-dealkylation sites (tertiary alicyclic amines) is 1. The van der Waals surface area contributed by atoms with Crippen molar-refractivity contribution in [2.24, 2.45) is 0 Å². The van der Waals surface area contributed by atoms with Crippen LogP contribution in [0.25, 0.3) is 0 Å². The van der Waals surface area contributed by atoms with Crippen LogP contribution in [0.1, 0.15) is 18.9 Å². The van der Waals surface area contributed by atoms with Crippen molar-refractivity contribution in [3.05, 3.63) is 36.2 Å². The number of nitrogens with zero attached hydrogens (tertiary/aromatic N) is 3. The zero-order valence-corrected chi connectivity index (χ0v) is 15.0. The third kappa shape index (κ3) is 3.64. The highest BCUT2D eigenvalue weighted by molar-refractivity contribution is 5.47. The molecule has 0 aliphatic carbocycles. The highest BCUT2D eigenvalue weighted by Gasteiger charge is 2.34. The Morgan fingerprint density at radius 3 is 3.00 bits per heavy atom. The standard InChI is InChI=1S/C19H25N3O4/c1-2-22-11-15(9-20-22)26-18-13-21(12-16(18)23)10-14-5-3-6-17-19(14)25-8-4-7-24-17/h3,5-6,9,11,16,18,23H,2,4,7-8,10,12-13H2,1H3/t16-,18-/m1/s1. The van der Waals surface area contributed by atoms with Crippen LogP contribution < -0.4 is 14.2 Å². The second kappa shape index (κ2) is 7.55. The summed E-state index contributed by atoms with van der Waals surface area (Å²) in [5.41, 5.74) is 1.08. The topological polar surface area (TPSA) is 69.0 Å². The molecule has 1 aromatic carbocycles. The van der Waals surface area contributed by atoms with E-state index in [0.29, 0.717) is 38.6 Å². The lowest BCUT2D eigenvalue weighted by Gasteiger charge is -2.19. The summed E-state index contributed by atoms with van der Waals surface area (Å²) in [6.45, 7) is 6.08. The molecule has 1 N–H and O–H groups in total. The number of benzene rings is 1. The Labute approximate surface area is 153 Å². The first kappa shape index (κ1) is 17.2. The Bertz CT molecular complexity index is 748. The molecule has 2 atom stereocenters. The van der Waals surface area contributed by atoms with E-state index in [1.807, 2.05) is 29.9 Å². The summed E-state index contributed by atoms with van der Waals surface area (Å²) in [6, 6.07) is 5.99. The minimum Gasteiger partial charge on any atom is -0.490 e. The number of aliphatic hydroxyl groups excluding tert-OH is 1. The van der Waals surface area contributed by atoms with E-state index >= 15 is 0 Å². The van der Waals surface area contributed by atoms with Crippen LogP contribution in [-0.4, -0.2) is 58.3 Å². The van der Waals surface area contributed by atoms with Gasteiger partial charge in [-0.15, -0.1) is 0 Å². The maximum absolute atomic E-state index is 10.4. The molecule has 0 saturated carbocycles. The number of rotatable bonds is 5. The molecular formula is C19H25N3O4. The molecule has 26 heavy (non-hydrogen) atoms. The Morgan fingerprint density at radius 2 is 2.15 bits per heavy atom. The van der Waals surface area contributed by atoms with Gasteiger partial charge < -0.3 is 19.3 Å². The quantitative estimate of drug-likeness (QED) is 0.876. The van der Waals surface area contributed by atoms with Crippen LogP contribution in [0.3, 0.4) is 0 Å². The summed E-state index contributed by atoms with van der Waals surface area (Å²) in [5.74, 6) is 2.33. The molecule has 3 heterocycles. The van der Waals surface area contributed by atoms with E-state index < -0.39 is 6.10 Å². The van der Waals surface area contributed by atoms with E-state index in [4.69, 9.17) is 14.2 Å². The summed E-state index contributed by atoms with van der Waals surface area (Å²) in [4.78, 5) is 2.18. The first-order chi connectivity index (χ1) is 12.7. The number of para-hydroxylation sites is 1. The molecule has 2 aromatic rings. The van der Waals surface area contributed by atoms with E-state index in [-0.39, 0.29) is 6.10 Å². The average molecular weight is 359 g/mol. The number of aromatic nitrogens is 2. The van der Waals surface area contributed by atoms with Gasteiger partial charge in [0.15, 0.2) is 17.2 Å². The molecule has 7 heteroatoms. The Hall–Kier alpha value is -2.25. The minimum atomic E-state index is -0.528. The molecule has 0 bridgehead atoms. The molecule has 2 aliphatic heterocycles. The zero-order chi connectivity index (χ0) is 17.9. The van der Waals surface area contributed by atoms with E-state index in [1.54, 1.807) is 6.20 Å². The number of ether oxygens (including phenoxy) is 3. The summed E-state index contributed by atoms with van der Waals surface area (Å²) in [5, 5.41) is 14.6. The second-order valence-corrected chi connectivity index (χ2v) is 6.74. The van der Waals surface area contributed by atoms with Crippen molar-refractivity contribution in [1.29, 1.82) is 0 Å². The van der Waals surface area contributed by atoms with Gasteiger partial charge in [0, 0.05) is 38.2 Å². The predicted molar refractivity (Wildman–Crippen MR) is 95.6 cm³/mol. The van der Waals surface area contributed by atoms with Crippen LogP contribution in [0.2, 0.25) is 0 Å². The average Bonchev–Trinajstić information content (AvgIpc) is 3.14. The van der Waals surface area contributed by atoms with Crippen molar-refractivity contribution in [3.63, 3.8) is 0 Å². The second-order valence-electron chi connectivity index (χ2n) is 6.74. The minimum absolute atomic E-state index is 0.260. The molecule has 1 aromatic heterocycles. The van der Waals surface area contributed by atoms with Gasteiger partial charge in [0.1, 0.15) is 12.2 Å². The van der Waals surface area contributed by atoms with Crippen molar-refractivity contribution in [2.75, 3.05) is 26.3 Å². The van der Waals surface area contributed by atoms with Crippen LogP contribution in [-0.2, 0) is 13.1 Å². The maximum Gasteiger partial charge on any atom is 0.165 e. The largest absolute Gasteiger partial charge is 0.490 e. The fourth-order valence-electron chi connectivity index (χ4n) is 3.45. The van der Waals surface area contributed by atoms with Crippen molar-refractivity contribution in [1.82, 2.24) is 14.7 Å². The fraction of sp³-hybridized carbons (Fsp3) is 0.526. The molecule has 1 fully saturated rings. The summed E-state index contributed by atoms with van der Waals surface area (Å²) in [6.07, 6.45) is 3.65. The summed E-state index contributed by atoms with van der Waals surface area (Å²) in [7, 11) is 0. The number of β-amino-alcohol motifs (C(OH)–C–C–N with tert-alkyl or cyclic N) is 1. The van der Waals surface area contributed by atoms with E-state index in [9.17, 15) is 5.11 Å². The molecule has 0 amide bonds. The van der Waals surface area contributed by atoms with Crippen molar-refractivity contribution in [2.45, 2.75) is 38.6 Å². The Balaban J connectivity index is 1.42. The summed E-state index contributed by atoms with van der Waals surface area (Å²) >= 11 is 0. The highest BCUT2D eigenvalue weighted by Crippen LogP contribution is 2.34. The van der Waals surface area contributed by atoms with Crippen LogP contribution in [0.5, 0.6) is 17.2 Å². The van der Waals surface area contributed by atoms with Crippen LogP contribution >= 0.6 is 0 Å². The Kier molecular flexibility index (Phi) is 4.99. The lowest BCUT2D eigenvalue weighted by Crippen LogP contribution is -2.29. The van der Waals surface area contributed by atoms with Gasteiger partial charge in [-0.25, -0.2) is 0 Å². The normalized spacial score (nSPS) is 23.0. The number of hydrogen-bond acceptors (Lipinski definition) is 6. The third-order valence-electron chi connectivity index (χ3n) is 4.78. The zero-order valence-electron chi connectivity index (χ0n) is 15.0. The van der Waals surface area contributed by atoms with Crippen LogP contribution in [0, 0.1) is 0 Å². The molecule has 2 aliphatic rings. The molecule has 0 unspecified atom stereocenters. The van der Waals surface area contributed by atoms with Gasteiger partial charge in [-0.1, -0.05) is 12.1 Å². The summed E-state index contributed by atoms with van der Waals surface area (Å²) < 4.78 is 19.4. The van der Waals surface area contributed by atoms with Crippen LogP contribution in [0.15, 0.2) is 30.6 Å². The Morgan fingerprint density at radius 1 is 1.27 bits per heavy atom. The SMILES string of the molecule is CCn1cc(O[C@@H]2CN(Cc3cccc4c3OCCCO4)C[C@H]2O)cn1. The molecular weight excluding hydrogens is 334 g/mol. The first-order valence-electron chi connectivity index (χ1n) is 9.20. The van der Waals surface area contributed by atoms with Gasteiger partial charge in [-0.3, -0.25) is 9.58 Å². The molecule has 7 nitrogen and oxygen atoms in total. The van der Waals surface area contributed by atoms with E-state index in [0.717, 1.165) is 30.0 Å². The number of hydrogen-bond donors (Lipinski definition) is 1. The molecule has 140 valence electrons. The number of aryl methyl sites for hydroxylation is 1. The monoisotopic (exact) mass is 359 g/mol. The predicted octanol–water partition coefficient (Wildman–Crippen LogP) is 1.69. The fourth-order valence-corrected chi connectivity index (χ4v) is 3.45. The molecule has 4 rings (SSSR count). The third-order valence-corrected chi connectivity index (χ3v) is 4.78. The van der Waals surface area contributed by atoms with Gasteiger partial charge in [0.05, 0.1) is 25.6 Å². The molecule has 1 saturated heterocycles.